The topological polar surface area (TPSA) is 50.1 Å². The Morgan fingerprint density at radius 1 is 1.33 bits per heavy atom. The molecule has 27 heavy (non-hydrogen) atoms. The first kappa shape index (κ1) is 20.5. The van der Waals surface area contributed by atoms with Gasteiger partial charge in [-0.2, -0.15) is 5.26 Å². The number of benzene rings is 1. The number of fused-ring (bicyclic) bond motifs is 1. The predicted molar refractivity (Wildman–Crippen MR) is 111 cm³/mol. The van der Waals surface area contributed by atoms with Crippen LogP contribution in [-0.2, 0) is 14.9 Å². The molecule has 140 valence electrons. The first-order chi connectivity index (χ1) is 12.8. The van der Waals surface area contributed by atoms with E-state index in [-0.39, 0.29) is 11.4 Å². The van der Waals surface area contributed by atoms with Crippen LogP contribution in [0.15, 0.2) is 54.2 Å². The first-order valence-corrected chi connectivity index (χ1v) is 9.24. The van der Waals surface area contributed by atoms with Gasteiger partial charge in [0.25, 0.3) is 0 Å². The van der Waals surface area contributed by atoms with E-state index >= 15 is 0 Å². The number of hydrogen-bond donors (Lipinski definition) is 0. The van der Waals surface area contributed by atoms with Crippen molar-refractivity contribution in [1.29, 1.82) is 5.26 Å². The lowest BCUT2D eigenvalue weighted by atomic mass is 9.73. The van der Waals surface area contributed by atoms with E-state index in [4.69, 9.17) is 4.74 Å². The van der Waals surface area contributed by atoms with E-state index < -0.39 is 0 Å². The molecule has 0 fully saturated rings. The third kappa shape index (κ3) is 5.08. The number of esters is 1. The van der Waals surface area contributed by atoms with Crippen molar-refractivity contribution >= 4 is 17.1 Å². The second kappa shape index (κ2) is 8.68. The number of hydrogen-bond acceptors (Lipinski definition) is 3. The van der Waals surface area contributed by atoms with Gasteiger partial charge in [0.05, 0.1) is 18.2 Å². The molecule has 0 radical (unpaired) electrons. The molecule has 1 aliphatic rings. The number of carbonyl (C=O) groups excluding carboxylic acids is 1. The third-order valence-corrected chi connectivity index (χ3v) is 4.77. The van der Waals surface area contributed by atoms with Crippen LogP contribution < -0.4 is 0 Å². The van der Waals surface area contributed by atoms with Crippen molar-refractivity contribution in [3.8, 4) is 6.07 Å². The van der Waals surface area contributed by atoms with Gasteiger partial charge in [-0.05, 0) is 66.5 Å². The van der Waals surface area contributed by atoms with Crippen LogP contribution in [0.1, 0.15) is 57.7 Å². The summed E-state index contributed by atoms with van der Waals surface area (Å²) in [4.78, 5) is 11.4. The highest BCUT2D eigenvalue weighted by Gasteiger charge is 2.28. The van der Waals surface area contributed by atoms with Crippen LogP contribution in [0.4, 0.5) is 0 Å². The molecule has 3 nitrogen and oxygen atoms in total. The van der Waals surface area contributed by atoms with Crippen LogP contribution in [0, 0.1) is 11.3 Å². The van der Waals surface area contributed by atoms with E-state index in [2.05, 4.69) is 38.1 Å². The molecule has 0 N–H and O–H groups in total. The minimum atomic E-state index is -0.325. The van der Waals surface area contributed by atoms with Gasteiger partial charge in [0, 0.05) is 6.08 Å². The summed E-state index contributed by atoms with van der Waals surface area (Å²) in [5, 5.41) is 9.46. The average Bonchev–Trinajstić information content (AvgIpc) is 2.61. The van der Waals surface area contributed by atoms with Crippen LogP contribution in [0.2, 0.25) is 0 Å². The van der Waals surface area contributed by atoms with Crippen LogP contribution in [-0.4, -0.2) is 12.6 Å². The van der Waals surface area contributed by atoms with Gasteiger partial charge in [-0.1, -0.05) is 50.3 Å². The Morgan fingerprint density at radius 2 is 2.07 bits per heavy atom. The van der Waals surface area contributed by atoms with Crippen molar-refractivity contribution in [1.82, 2.24) is 0 Å². The Balaban J connectivity index is 2.26. The fourth-order valence-corrected chi connectivity index (χ4v) is 3.14. The molecule has 0 bridgehead atoms. The van der Waals surface area contributed by atoms with Crippen LogP contribution in [0.25, 0.3) is 11.1 Å². The maximum absolute atomic E-state index is 11.4. The van der Waals surface area contributed by atoms with Gasteiger partial charge < -0.3 is 4.74 Å². The fraction of sp³-hybridized carbons (Fsp3) is 0.333. The summed E-state index contributed by atoms with van der Waals surface area (Å²) in [6.07, 6.45) is 10.2. The molecule has 0 spiro atoms. The third-order valence-electron chi connectivity index (χ3n) is 4.77. The lowest BCUT2D eigenvalue weighted by Gasteiger charge is -2.30. The molecule has 0 amide bonds. The normalized spacial score (nSPS) is 16.5. The SMILES string of the molecule is CCOC(=O)\C=C(C)/C=C/C=C(\C)c1ccc2c(c1)C(C#N)=CCC2(C)C. The van der Waals surface area contributed by atoms with Crippen molar-refractivity contribution in [2.24, 2.45) is 0 Å². The van der Waals surface area contributed by atoms with Crippen molar-refractivity contribution in [2.45, 2.75) is 46.5 Å². The summed E-state index contributed by atoms with van der Waals surface area (Å²) in [5.41, 5.74) is 6.06. The Hall–Kier alpha value is -2.86. The molecule has 1 aliphatic carbocycles. The van der Waals surface area contributed by atoms with Gasteiger partial charge in [-0.3, -0.25) is 0 Å². The van der Waals surface area contributed by atoms with E-state index in [1.807, 2.05) is 38.2 Å². The molecule has 2 rings (SSSR count). The van der Waals surface area contributed by atoms with Crippen molar-refractivity contribution in [2.75, 3.05) is 6.61 Å². The number of nitriles is 1. The zero-order valence-corrected chi connectivity index (χ0v) is 16.8. The molecule has 0 saturated heterocycles. The van der Waals surface area contributed by atoms with Gasteiger partial charge in [0.1, 0.15) is 0 Å². The highest BCUT2D eigenvalue weighted by Crippen LogP contribution is 2.39. The van der Waals surface area contributed by atoms with E-state index in [0.717, 1.165) is 34.3 Å². The van der Waals surface area contributed by atoms with Gasteiger partial charge in [0.15, 0.2) is 0 Å². The molecule has 3 heteroatoms. The fourth-order valence-electron chi connectivity index (χ4n) is 3.14. The lowest BCUT2D eigenvalue weighted by Crippen LogP contribution is -2.21. The molecule has 0 atom stereocenters. The van der Waals surface area contributed by atoms with Gasteiger partial charge >= 0.3 is 5.97 Å². The monoisotopic (exact) mass is 361 g/mol. The predicted octanol–water partition coefficient (Wildman–Crippen LogP) is 5.74. The van der Waals surface area contributed by atoms with Crippen molar-refractivity contribution in [3.05, 3.63) is 70.8 Å². The Kier molecular flexibility index (Phi) is 6.58. The highest BCUT2D eigenvalue weighted by molar-refractivity contribution is 5.84. The maximum atomic E-state index is 11.4. The minimum Gasteiger partial charge on any atom is -0.463 e. The lowest BCUT2D eigenvalue weighted by molar-refractivity contribution is -0.137. The molecule has 1 aromatic carbocycles. The van der Waals surface area contributed by atoms with Gasteiger partial charge in [-0.25, -0.2) is 4.79 Å². The molecule has 0 heterocycles. The summed E-state index contributed by atoms with van der Waals surface area (Å²) >= 11 is 0. The summed E-state index contributed by atoms with van der Waals surface area (Å²) in [6.45, 7) is 10.5. The van der Waals surface area contributed by atoms with E-state index in [0.29, 0.717) is 6.61 Å². The maximum Gasteiger partial charge on any atom is 0.330 e. The molecule has 1 aromatic rings. The smallest absolute Gasteiger partial charge is 0.330 e. The average molecular weight is 361 g/mol. The van der Waals surface area contributed by atoms with Gasteiger partial charge in [-0.15, -0.1) is 0 Å². The number of nitrogens with zero attached hydrogens (tertiary/aromatic N) is 1. The summed E-state index contributed by atoms with van der Waals surface area (Å²) < 4.78 is 4.90. The molecule has 0 saturated carbocycles. The largest absolute Gasteiger partial charge is 0.463 e. The number of carbonyl (C=O) groups is 1. The quantitative estimate of drug-likeness (QED) is 0.381. The summed E-state index contributed by atoms with van der Waals surface area (Å²) in [5.74, 6) is -0.325. The Labute approximate surface area is 162 Å². The van der Waals surface area contributed by atoms with E-state index in [9.17, 15) is 10.1 Å². The second-order valence-electron chi connectivity index (χ2n) is 7.43. The molecule has 0 aliphatic heterocycles. The number of ether oxygens (including phenoxy) is 1. The minimum absolute atomic E-state index is 0.0424. The Morgan fingerprint density at radius 3 is 2.74 bits per heavy atom. The zero-order valence-electron chi connectivity index (χ0n) is 16.8. The summed E-state index contributed by atoms with van der Waals surface area (Å²) in [7, 11) is 0. The number of allylic oxidation sites excluding steroid dienone is 7. The van der Waals surface area contributed by atoms with Crippen molar-refractivity contribution in [3.63, 3.8) is 0 Å². The number of rotatable bonds is 5. The molecule has 0 unspecified atom stereocenters. The molecular weight excluding hydrogens is 334 g/mol. The van der Waals surface area contributed by atoms with E-state index in [1.54, 1.807) is 6.92 Å². The zero-order chi connectivity index (χ0) is 20.0. The standard InChI is InChI=1S/C24H27NO2/c1-6-27-23(26)14-17(2)8-7-9-18(3)19-10-11-22-21(15-19)20(16-25)12-13-24(22,4)5/h7-12,14-15H,6,13H2,1-5H3/b8-7+,17-14-,18-9+. The van der Waals surface area contributed by atoms with Crippen LogP contribution in [0.3, 0.4) is 0 Å². The molecule has 0 aromatic heterocycles. The van der Waals surface area contributed by atoms with Crippen LogP contribution >= 0.6 is 0 Å². The van der Waals surface area contributed by atoms with Crippen molar-refractivity contribution < 1.29 is 9.53 Å². The van der Waals surface area contributed by atoms with Crippen LogP contribution in [0.5, 0.6) is 0 Å². The van der Waals surface area contributed by atoms with E-state index in [1.165, 1.54) is 11.6 Å². The second-order valence-corrected chi connectivity index (χ2v) is 7.43. The summed E-state index contributed by atoms with van der Waals surface area (Å²) in [6, 6.07) is 8.68. The first-order valence-electron chi connectivity index (χ1n) is 9.24. The Bertz CT molecular complexity index is 889. The highest BCUT2D eigenvalue weighted by atomic mass is 16.5. The molecular formula is C24H27NO2. The van der Waals surface area contributed by atoms with Gasteiger partial charge in [0.2, 0.25) is 0 Å².